The van der Waals surface area contributed by atoms with Crippen LogP contribution in [0.5, 0.6) is 0 Å². The number of ketones is 1. The molecule has 0 atom stereocenters. The summed E-state index contributed by atoms with van der Waals surface area (Å²) in [5.74, 6) is 0.113. The number of hydrogen-bond donors (Lipinski definition) is 0. The quantitative estimate of drug-likeness (QED) is 0.678. The van der Waals surface area contributed by atoms with Crippen molar-refractivity contribution in [2.75, 3.05) is 0 Å². The Balaban J connectivity index is 2.50. The van der Waals surface area contributed by atoms with E-state index < -0.39 is 0 Å². The van der Waals surface area contributed by atoms with E-state index >= 15 is 0 Å². The number of Topliss-reactive ketones (excluding diaryl/α,β-unsaturated/α-hetero) is 1. The van der Waals surface area contributed by atoms with Crippen molar-refractivity contribution in [3.63, 3.8) is 0 Å². The van der Waals surface area contributed by atoms with Gasteiger partial charge in [0.15, 0.2) is 5.78 Å². The molecule has 0 spiro atoms. The Morgan fingerprint density at radius 2 is 1.94 bits per heavy atom. The van der Waals surface area contributed by atoms with Crippen molar-refractivity contribution in [3.8, 4) is 10.4 Å². The van der Waals surface area contributed by atoms with Crippen LogP contribution in [0.3, 0.4) is 0 Å². The minimum Gasteiger partial charge on any atom is -0.294 e. The van der Waals surface area contributed by atoms with Gasteiger partial charge in [0.1, 0.15) is 0 Å². The van der Waals surface area contributed by atoms with Gasteiger partial charge in [0, 0.05) is 19.4 Å². The summed E-state index contributed by atoms with van der Waals surface area (Å²) in [7, 11) is 0. The molecular weight excluding hydrogens is 352 g/mol. The molecule has 0 N–H and O–H groups in total. The van der Waals surface area contributed by atoms with Crippen LogP contribution >= 0.6 is 43.2 Å². The molecule has 0 bridgehead atoms. The highest BCUT2D eigenvalue weighted by molar-refractivity contribution is 9.11. The minimum atomic E-state index is 0.113. The van der Waals surface area contributed by atoms with E-state index in [1.54, 1.807) is 6.92 Å². The van der Waals surface area contributed by atoms with Crippen LogP contribution in [-0.4, -0.2) is 5.78 Å². The number of halogens is 2. The fourth-order valence-electron chi connectivity index (χ4n) is 1.36. The van der Waals surface area contributed by atoms with E-state index in [4.69, 9.17) is 0 Å². The van der Waals surface area contributed by atoms with E-state index in [0.29, 0.717) is 0 Å². The normalized spacial score (nSPS) is 10.4. The van der Waals surface area contributed by atoms with E-state index in [1.807, 2.05) is 30.3 Å². The standard InChI is InChI=1S/C12H8Br2OS/c1-7(15)11-4-5-12(16-11)9-6-8(13)2-3-10(9)14/h2-6H,1H3. The van der Waals surface area contributed by atoms with Crippen LogP contribution in [0.2, 0.25) is 0 Å². The summed E-state index contributed by atoms with van der Waals surface area (Å²) in [6, 6.07) is 9.86. The Morgan fingerprint density at radius 1 is 1.19 bits per heavy atom. The van der Waals surface area contributed by atoms with Crippen LogP contribution in [0.15, 0.2) is 39.3 Å². The monoisotopic (exact) mass is 358 g/mol. The highest BCUT2D eigenvalue weighted by Crippen LogP contribution is 2.35. The van der Waals surface area contributed by atoms with Crippen molar-refractivity contribution in [2.24, 2.45) is 0 Å². The summed E-state index contributed by atoms with van der Waals surface area (Å²) < 4.78 is 2.07. The Kier molecular flexibility index (Phi) is 3.62. The maximum atomic E-state index is 11.2. The molecule has 0 fully saturated rings. The van der Waals surface area contributed by atoms with Crippen LogP contribution in [0.25, 0.3) is 10.4 Å². The maximum absolute atomic E-state index is 11.2. The smallest absolute Gasteiger partial charge is 0.169 e. The van der Waals surface area contributed by atoms with E-state index in [0.717, 1.165) is 24.3 Å². The van der Waals surface area contributed by atoms with Gasteiger partial charge < -0.3 is 0 Å². The molecule has 1 nitrogen and oxygen atoms in total. The summed E-state index contributed by atoms with van der Waals surface area (Å²) in [6.07, 6.45) is 0. The van der Waals surface area contributed by atoms with Crippen LogP contribution in [0.1, 0.15) is 16.6 Å². The van der Waals surface area contributed by atoms with Gasteiger partial charge in [-0.25, -0.2) is 0 Å². The van der Waals surface area contributed by atoms with Crippen molar-refractivity contribution >= 4 is 49.0 Å². The molecular formula is C12H8Br2OS. The highest BCUT2D eigenvalue weighted by Gasteiger charge is 2.09. The molecule has 4 heteroatoms. The van der Waals surface area contributed by atoms with Gasteiger partial charge in [-0.05, 0) is 37.3 Å². The Hall–Kier alpha value is -0.450. The second-order valence-electron chi connectivity index (χ2n) is 3.34. The summed E-state index contributed by atoms with van der Waals surface area (Å²) in [6.45, 7) is 1.59. The zero-order valence-electron chi connectivity index (χ0n) is 8.46. The molecule has 1 aromatic carbocycles. The first-order valence-corrected chi connectivity index (χ1v) is 7.04. The fraction of sp³-hybridized carbons (Fsp3) is 0.0833. The first-order chi connectivity index (χ1) is 7.58. The van der Waals surface area contributed by atoms with Gasteiger partial charge in [0.2, 0.25) is 0 Å². The Bertz CT molecular complexity index is 546. The third-order valence-corrected chi connectivity index (χ3v) is 4.55. The summed E-state index contributed by atoms with van der Waals surface area (Å²) in [5, 5.41) is 0. The minimum absolute atomic E-state index is 0.113. The third-order valence-electron chi connectivity index (χ3n) is 2.15. The molecule has 0 unspecified atom stereocenters. The molecule has 0 aliphatic carbocycles. The van der Waals surface area contributed by atoms with Crippen molar-refractivity contribution < 1.29 is 4.79 Å². The lowest BCUT2D eigenvalue weighted by atomic mass is 10.2. The van der Waals surface area contributed by atoms with Crippen LogP contribution in [0, 0.1) is 0 Å². The van der Waals surface area contributed by atoms with Gasteiger partial charge in [0.25, 0.3) is 0 Å². The zero-order chi connectivity index (χ0) is 11.7. The van der Waals surface area contributed by atoms with Gasteiger partial charge in [-0.1, -0.05) is 31.9 Å². The molecule has 82 valence electrons. The molecule has 0 saturated heterocycles. The lowest BCUT2D eigenvalue weighted by Crippen LogP contribution is -1.83. The molecule has 0 aliphatic heterocycles. The zero-order valence-corrected chi connectivity index (χ0v) is 12.4. The number of thiophene rings is 1. The summed E-state index contributed by atoms with van der Waals surface area (Å²) in [5.41, 5.74) is 1.10. The molecule has 1 heterocycles. The second kappa shape index (κ2) is 4.82. The predicted molar refractivity (Wildman–Crippen MR) is 75.2 cm³/mol. The third kappa shape index (κ3) is 2.44. The molecule has 0 saturated carbocycles. The summed E-state index contributed by atoms with van der Waals surface area (Å²) in [4.78, 5) is 13.1. The van der Waals surface area contributed by atoms with Gasteiger partial charge in [-0.2, -0.15) is 0 Å². The molecule has 2 rings (SSSR count). The Labute approximate surface area is 115 Å². The van der Waals surface area contributed by atoms with E-state index in [-0.39, 0.29) is 5.78 Å². The van der Waals surface area contributed by atoms with Gasteiger partial charge in [0.05, 0.1) is 4.88 Å². The van der Waals surface area contributed by atoms with Crippen LogP contribution in [-0.2, 0) is 0 Å². The number of hydrogen-bond acceptors (Lipinski definition) is 2. The average molecular weight is 360 g/mol. The molecule has 1 aromatic heterocycles. The predicted octanol–water partition coefficient (Wildman–Crippen LogP) is 5.14. The molecule has 0 radical (unpaired) electrons. The van der Waals surface area contributed by atoms with E-state index in [2.05, 4.69) is 31.9 Å². The van der Waals surface area contributed by atoms with Crippen molar-refractivity contribution in [1.82, 2.24) is 0 Å². The second-order valence-corrected chi connectivity index (χ2v) is 6.20. The first kappa shape index (κ1) is 12.0. The lowest BCUT2D eigenvalue weighted by Gasteiger charge is -2.01. The topological polar surface area (TPSA) is 17.1 Å². The van der Waals surface area contributed by atoms with Gasteiger partial charge >= 0.3 is 0 Å². The highest BCUT2D eigenvalue weighted by atomic mass is 79.9. The van der Waals surface area contributed by atoms with Crippen molar-refractivity contribution in [3.05, 3.63) is 44.2 Å². The first-order valence-electron chi connectivity index (χ1n) is 4.64. The number of carbonyl (C=O) groups excluding carboxylic acids is 1. The largest absolute Gasteiger partial charge is 0.294 e. The molecule has 0 amide bonds. The molecule has 16 heavy (non-hydrogen) atoms. The number of carbonyl (C=O) groups is 1. The molecule has 0 aliphatic rings. The maximum Gasteiger partial charge on any atom is 0.169 e. The summed E-state index contributed by atoms with van der Waals surface area (Å²) >= 11 is 8.48. The van der Waals surface area contributed by atoms with E-state index in [9.17, 15) is 4.79 Å². The van der Waals surface area contributed by atoms with Gasteiger partial charge in [-0.3, -0.25) is 4.79 Å². The SMILES string of the molecule is CC(=O)c1ccc(-c2cc(Br)ccc2Br)s1. The van der Waals surface area contributed by atoms with Gasteiger partial charge in [-0.15, -0.1) is 11.3 Å². The number of rotatable bonds is 2. The number of benzene rings is 1. The fourth-order valence-corrected chi connectivity index (χ4v) is 3.24. The van der Waals surface area contributed by atoms with Crippen LogP contribution < -0.4 is 0 Å². The van der Waals surface area contributed by atoms with Crippen LogP contribution in [0.4, 0.5) is 0 Å². The lowest BCUT2D eigenvalue weighted by molar-refractivity contribution is 0.102. The van der Waals surface area contributed by atoms with Crippen molar-refractivity contribution in [1.29, 1.82) is 0 Å². The Morgan fingerprint density at radius 3 is 2.56 bits per heavy atom. The van der Waals surface area contributed by atoms with E-state index in [1.165, 1.54) is 11.3 Å². The van der Waals surface area contributed by atoms with Crippen molar-refractivity contribution in [2.45, 2.75) is 6.92 Å². The molecule has 2 aromatic rings. The average Bonchev–Trinajstić information content (AvgIpc) is 2.70.